The number of carbonyl (C=O) groups is 1. The van der Waals surface area contributed by atoms with E-state index in [0.29, 0.717) is 6.54 Å². The van der Waals surface area contributed by atoms with E-state index in [4.69, 9.17) is 5.73 Å². The van der Waals surface area contributed by atoms with E-state index in [-0.39, 0.29) is 16.7 Å². The van der Waals surface area contributed by atoms with E-state index in [0.717, 1.165) is 18.5 Å². The fourth-order valence-electron chi connectivity index (χ4n) is 2.31. The summed E-state index contributed by atoms with van der Waals surface area (Å²) in [4.78, 5) is 14.1. The SMILES string of the molecule is CN(C(=O)C1(CN)CC1)c1ccc(C(C)(C)C)cc1. The van der Waals surface area contributed by atoms with Crippen molar-refractivity contribution in [3.63, 3.8) is 0 Å². The van der Waals surface area contributed by atoms with E-state index in [2.05, 4.69) is 32.9 Å². The van der Waals surface area contributed by atoms with Crippen LogP contribution in [0.4, 0.5) is 5.69 Å². The molecule has 0 aliphatic heterocycles. The van der Waals surface area contributed by atoms with Crippen LogP contribution in [0, 0.1) is 5.41 Å². The molecule has 1 aromatic rings. The molecule has 3 nitrogen and oxygen atoms in total. The van der Waals surface area contributed by atoms with Crippen molar-refractivity contribution in [3.05, 3.63) is 29.8 Å². The Bertz CT molecular complexity index is 467. The summed E-state index contributed by atoms with van der Waals surface area (Å²) in [6.07, 6.45) is 1.85. The van der Waals surface area contributed by atoms with Gasteiger partial charge in [0.1, 0.15) is 0 Å². The Hall–Kier alpha value is -1.35. The second kappa shape index (κ2) is 4.64. The highest BCUT2D eigenvalue weighted by molar-refractivity contribution is 5.99. The van der Waals surface area contributed by atoms with Gasteiger partial charge in [0.05, 0.1) is 5.41 Å². The third-order valence-corrected chi connectivity index (χ3v) is 4.12. The minimum atomic E-state index is -0.280. The molecular formula is C16H24N2O. The lowest BCUT2D eigenvalue weighted by atomic mass is 9.87. The van der Waals surface area contributed by atoms with Gasteiger partial charge in [0.2, 0.25) is 5.91 Å². The first kappa shape index (κ1) is 14.1. The van der Waals surface area contributed by atoms with Crippen LogP contribution in [-0.2, 0) is 10.2 Å². The standard InChI is InChI=1S/C16H24N2O/c1-15(2,3)12-5-7-13(8-6-12)18(4)14(19)16(11-17)9-10-16/h5-8H,9-11,17H2,1-4H3. The number of carbonyl (C=O) groups excluding carboxylic acids is 1. The van der Waals surface area contributed by atoms with Crippen molar-refractivity contribution in [1.82, 2.24) is 0 Å². The van der Waals surface area contributed by atoms with E-state index in [1.165, 1.54) is 5.56 Å². The zero-order valence-corrected chi connectivity index (χ0v) is 12.4. The molecule has 104 valence electrons. The molecular weight excluding hydrogens is 236 g/mol. The lowest BCUT2D eigenvalue weighted by Crippen LogP contribution is -2.38. The second-order valence-corrected chi connectivity index (χ2v) is 6.65. The maximum absolute atomic E-state index is 12.4. The Morgan fingerprint density at radius 2 is 1.79 bits per heavy atom. The molecule has 1 amide bonds. The van der Waals surface area contributed by atoms with Gasteiger partial charge in [-0.15, -0.1) is 0 Å². The van der Waals surface area contributed by atoms with Gasteiger partial charge in [-0.1, -0.05) is 32.9 Å². The molecule has 0 saturated heterocycles. The third-order valence-electron chi connectivity index (χ3n) is 4.12. The van der Waals surface area contributed by atoms with Crippen LogP contribution in [0.3, 0.4) is 0 Å². The van der Waals surface area contributed by atoms with Gasteiger partial charge in [0, 0.05) is 19.3 Å². The number of rotatable bonds is 3. The highest BCUT2D eigenvalue weighted by Gasteiger charge is 2.50. The molecule has 2 N–H and O–H groups in total. The number of benzene rings is 1. The number of hydrogen-bond donors (Lipinski definition) is 1. The lowest BCUT2D eigenvalue weighted by molar-refractivity contribution is -0.123. The molecule has 0 spiro atoms. The van der Waals surface area contributed by atoms with Gasteiger partial charge in [-0.3, -0.25) is 4.79 Å². The van der Waals surface area contributed by atoms with Crippen LogP contribution >= 0.6 is 0 Å². The van der Waals surface area contributed by atoms with Crippen molar-refractivity contribution in [2.45, 2.75) is 39.0 Å². The van der Waals surface area contributed by atoms with Crippen LogP contribution in [-0.4, -0.2) is 19.5 Å². The zero-order chi connectivity index (χ0) is 14.3. The van der Waals surface area contributed by atoms with Crippen LogP contribution in [0.2, 0.25) is 0 Å². The highest BCUT2D eigenvalue weighted by atomic mass is 16.2. The fourth-order valence-corrected chi connectivity index (χ4v) is 2.31. The maximum atomic E-state index is 12.4. The Kier molecular flexibility index (Phi) is 3.43. The summed E-state index contributed by atoms with van der Waals surface area (Å²) >= 11 is 0. The van der Waals surface area contributed by atoms with Crippen molar-refractivity contribution in [2.75, 3.05) is 18.5 Å². The third kappa shape index (κ3) is 2.66. The summed E-state index contributed by atoms with van der Waals surface area (Å²) in [5.74, 6) is 0.151. The van der Waals surface area contributed by atoms with E-state index < -0.39 is 0 Å². The predicted molar refractivity (Wildman–Crippen MR) is 79.3 cm³/mol. The maximum Gasteiger partial charge on any atom is 0.234 e. The van der Waals surface area contributed by atoms with Crippen molar-refractivity contribution in [2.24, 2.45) is 11.1 Å². The number of hydrogen-bond acceptors (Lipinski definition) is 2. The van der Waals surface area contributed by atoms with Crippen LogP contribution < -0.4 is 10.6 Å². The first-order chi connectivity index (χ1) is 8.80. The zero-order valence-electron chi connectivity index (χ0n) is 12.4. The fraction of sp³-hybridized carbons (Fsp3) is 0.562. The Morgan fingerprint density at radius 3 is 2.16 bits per heavy atom. The van der Waals surface area contributed by atoms with Gasteiger partial charge in [-0.25, -0.2) is 0 Å². The summed E-state index contributed by atoms with van der Waals surface area (Å²) in [6.45, 7) is 7.01. The molecule has 19 heavy (non-hydrogen) atoms. The summed E-state index contributed by atoms with van der Waals surface area (Å²) in [5, 5.41) is 0. The van der Waals surface area contributed by atoms with Crippen molar-refractivity contribution >= 4 is 11.6 Å². The molecule has 3 heteroatoms. The molecule has 1 fully saturated rings. The van der Waals surface area contributed by atoms with Gasteiger partial charge < -0.3 is 10.6 Å². The number of anilines is 1. The van der Waals surface area contributed by atoms with Crippen LogP contribution in [0.5, 0.6) is 0 Å². The molecule has 1 saturated carbocycles. The van der Waals surface area contributed by atoms with Gasteiger partial charge in [-0.2, -0.15) is 0 Å². The number of nitrogens with zero attached hydrogens (tertiary/aromatic N) is 1. The molecule has 0 unspecified atom stereocenters. The van der Waals surface area contributed by atoms with E-state index in [1.54, 1.807) is 4.90 Å². The summed E-state index contributed by atoms with van der Waals surface area (Å²) < 4.78 is 0. The van der Waals surface area contributed by atoms with Gasteiger partial charge in [0.15, 0.2) is 0 Å². The van der Waals surface area contributed by atoms with Crippen LogP contribution in [0.15, 0.2) is 24.3 Å². The first-order valence-electron chi connectivity index (χ1n) is 6.89. The van der Waals surface area contributed by atoms with Crippen LogP contribution in [0.1, 0.15) is 39.2 Å². The summed E-state index contributed by atoms with van der Waals surface area (Å²) in [5.41, 5.74) is 7.79. The van der Waals surface area contributed by atoms with Gasteiger partial charge in [-0.05, 0) is 36.0 Å². The summed E-state index contributed by atoms with van der Waals surface area (Å²) in [7, 11) is 1.84. The largest absolute Gasteiger partial charge is 0.329 e. The van der Waals surface area contributed by atoms with Crippen molar-refractivity contribution in [1.29, 1.82) is 0 Å². The molecule has 1 aliphatic rings. The van der Waals surface area contributed by atoms with Crippen molar-refractivity contribution in [3.8, 4) is 0 Å². The number of nitrogens with two attached hydrogens (primary N) is 1. The van der Waals surface area contributed by atoms with Crippen molar-refractivity contribution < 1.29 is 4.79 Å². The molecule has 1 aliphatic carbocycles. The van der Waals surface area contributed by atoms with E-state index in [9.17, 15) is 4.79 Å². The predicted octanol–water partition coefficient (Wildman–Crippen LogP) is 2.69. The average Bonchev–Trinajstić information content (AvgIpc) is 3.17. The topological polar surface area (TPSA) is 46.3 Å². The average molecular weight is 260 g/mol. The molecule has 0 atom stereocenters. The smallest absolute Gasteiger partial charge is 0.234 e. The minimum Gasteiger partial charge on any atom is -0.329 e. The monoisotopic (exact) mass is 260 g/mol. The number of amides is 1. The first-order valence-corrected chi connectivity index (χ1v) is 6.89. The van der Waals surface area contributed by atoms with E-state index >= 15 is 0 Å². The quantitative estimate of drug-likeness (QED) is 0.908. The van der Waals surface area contributed by atoms with Gasteiger partial charge in [0.25, 0.3) is 0 Å². The molecule has 1 aromatic carbocycles. The Labute approximate surface area is 115 Å². The minimum absolute atomic E-state index is 0.135. The van der Waals surface area contributed by atoms with Crippen LogP contribution in [0.25, 0.3) is 0 Å². The molecule has 0 radical (unpaired) electrons. The Morgan fingerprint density at radius 1 is 1.26 bits per heavy atom. The Balaban J connectivity index is 2.16. The highest BCUT2D eigenvalue weighted by Crippen LogP contribution is 2.46. The molecule has 0 bridgehead atoms. The molecule has 2 rings (SSSR count). The molecule has 0 aromatic heterocycles. The van der Waals surface area contributed by atoms with Gasteiger partial charge >= 0.3 is 0 Å². The van der Waals surface area contributed by atoms with E-state index in [1.807, 2.05) is 19.2 Å². The molecule has 0 heterocycles. The summed E-state index contributed by atoms with van der Waals surface area (Å²) in [6, 6.07) is 8.23. The normalized spacial score (nSPS) is 17.1. The second-order valence-electron chi connectivity index (χ2n) is 6.65. The lowest BCUT2D eigenvalue weighted by Gasteiger charge is -2.24.